The van der Waals surface area contributed by atoms with Gasteiger partial charge < -0.3 is 9.88 Å². The quantitative estimate of drug-likeness (QED) is 0.759. The summed E-state index contributed by atoms with van der Waals surface area (Å²) in [7, 11) is 0. The molecule has 0 fully saturated rings. The maximum Gasteiger partial charge on any atom is 0.0958 e. The van der Waals surface area contributed by atoms with E-state index in [-0.39, 0.29) is 0 Å². The van der Waals surface area contributed by atoms with Crippen LogP contribution in [0.4, 0.5) is 0 Å². The summed E-state index contributed by atoms with van der Waals surface area (Å²) in [6.07, 6.45) is 5.60. The van der Waals surface area contributed by atoms with E-state index in [1.165, 1.54) is 18.4 Å². The molecule has 1 N–H and O–H groups in total. The Labute approximate surface area is 109 Å². The number of nitrogens with zero attached hydrogens (tertiary/aromatic N) is 2. The number of benzene rings is 1. The second-order valence-electron chi connectivity index (χ2n) is 4.92. The van der Waals surface area contributed by atoms with Crippen LogP contribution >= 0.6 is 0 Å². The predicted molar refractivity (Wildman–Crippen MR) is 76.7 cm³/mol. The van der Waals surface area contributed by atoms with Gasteiger partial charge in [0.15, 0.2) is 0 Å². The molecule has 0 amide bonds. The van der Waals surface area contributed by atoms with Crippen molar-refractivity contribution in [3.05, 3.63) is 30.6 Å². The summed E-state index contributed by atoms with van der Waals surface area (Å²) in [5.41, 5.74) is 2.32. The number of fused-ring (bicyclic) bond motifs is 1. The maximum atomic E-state index is 4.40. The summed E-state index contributed by atoms with van der Waals surface area (Å²) >= 11 is 0. The first-order chi connectivity index (χ1) is 8.81. The van der Waals surface area contributed by atoms with Gasteiger partial charge in [0.2, 0.25) is 0 Å². The van der Waals surface area contributed by atoms with Crippen molar-refractivity contribution in [1.82, 2.24) is 14.9 Å². The van der Waals surface area contributed by atoms with Gasteiger partial charge in [-0.2, -0.15) is 0 Å². The molecule has 0 bridgehead atoms. The third-order valence-electron chi connectivity index (χ3n) is 3.32. The molecule has 3 heteroatoms. The van der Waals surface area contributed by atoms with Gasteiger partial charge >= 0.3 is 0 Å². The lowest BCUT2D eigenvalue weighted by atomic mass is 10.2. The van der Waals surface area contributed by atoms with Crippen molar-refractivity contribution < 1.29 is 0 Å². The van der Waals surface area contributed by atoms with Gasteiger partial charge in [0.05, 0.1) is 17.4 Å². The van der Waals surface area contributed by atoms with E-state index in [9.17, 15) is 0 Å². The van der Waals surface area contributed by atoms with Gasteiger partial charge in [0, 0.05) is 12.6 Å². The molecule has 1 aromatic heterocycles. The number of aromatic nitrogens is 2. The van der Waals surface area contributed by atoms with Crippen LogP contribution in [0.1, 0.15) is 33.1 Å². The average molecular weight is 245 g/mol. The molecule has 0 spiro atoms. The van der Waals surface area contributed by atoms with Gasteiger partial charge in [0.1, 0.15) is 0 Å². The monoisotopic (exact) mass is 245 g/mol. The molecule has 0 saturated carbocycles. The third kappa shape index (κ3) is 3.33. The molecule has 1 atom stereocenters. The molecule has 0 saturated heterocycles. The van der Waals surface area contributed by atoms with Gasteiger partial charge in [-0.1, -0.05) is 25.5 Å². The highest BCUT2D eigenvalue weighted by Gasteiger charge is 2.02. The molecule has 1 aromatic carbocycles. The van der Waals surface area contributed by atoms with Crippen LogP contribution in [0.15, 0.2) is 30.6 Å². The van der Waals surface area contributed by atoms with E-state index >= 15 is 0 Å². The SMILES string of the molecule is CCCC(C)NCCCn1cnc2ccccc21. The van der Waals surface area contributed by atoms with Crippen LogP contribution in [0.3, 0.4) is 0 Å². The molecule has 0 aliphatic heterocycles. The molecule has 3 nitrogen and oxygen atoms in total. The Balaban J connectivity index is 1.80. The van der Waals surface area contributed by atoms with Crippen LogP contribution in [-0.4, -0.2) is 22.1 Å². The Morgan fingerprint density at radius 3 is 3.00 bits per heavy atom. The van der Waals surface area contributed by atoms with E-state index < -0.39 is 0 Å². The molecule has 2 rings (SSSR count). The van der Waals surface area contributed by atoms with Gasteiger partial charge in [-0.15, -0.1) is 0 Å². The molecular weight excluding hydrogens is 222 g/mol. The molecule has 0 aliphatic rings. The first-order valence-electron chi connectivity index (χ1n) is 6.94. The zero-order valence-corrected chi connectivity index (χ0v) is 11.4. The lowest BCUT2D eigenvalue weighted by Gasteiger charge is -2.12. The van der Waals surface area contributed by atoms with Crippen LogP contribution in [-0.2, 0) is 6.54 Å². The Hall–Kier alpha value is -1.35. The average Bonchev–Trinajstić information content (AvgIpc) is 2.78. The van der Waals surface area contributed by atoms with Crippen molar-refractivity contribution in [3.63, 3.8) is 0 Å². The van der Waals surface area contributed by atoms with Crippen molar-refractivity contribution in [1.29, 1.82) is 0 Å². The number of hydrogen-bond donors (Lipinski definition) is 1. The van der Waals surface area contributed by atoms with E-state index in [0.29, 0.717) is 6.04 Å². The molecule has 0 aliphatic carbocycles. The normalized spacial score (nSPS) is 13.0. The fourth-order valence-electron chi connectivity index (χ4n) is 2.32. The minimum Gasteiger partial charge on any atom is -0.331 e. The Morgan fingerprint density at radius 1 is 1.33 bits per heavy atom. The number of para-hydroxylation sites is 2. The highest BCUT2D eigenvalue weighted by Crippen LogP contribution is 2.11. The molecule has 0 radical (unpaired) electrons. The first kappa shape index (κ1) is 13.1. The van der Waals surface area contributed by atoms with Gasteiger partial charge in [-0.25, -0.2) is 4.98 Å². The Bertz CT molecular complexity index is 475. The second kappa shape index (κ2) is 6.55. The molecule has 1 heterocycles. The summed E-state index contributed by atoms with van der Waals surface area (Å²) in [5, 5.41) is 3.56. The Kier molecular flexibility index (Phi) is 4.76. The van der Waals surface area contributed by atoms with E-state index in [2.05, 4.69) is 46.9 Å². The number of nitrogens with one attached hydrogen (secondary N) is 1. The molecule has 98 valence electrons. The van der Waals surface area contributed by atoms with Crippen LogP contribution in [0.5, 0.6) is 0 Å². The summed E-state index contributed by atoms with van der Waals surface area (Å²) in [6, 6.07) is 8.94. The minimum absolute atomic E-state index is 0.634. The van der Waals surface area contributed by atoms with Crippen LogP contribution in [0.25, 0.3) is 11.0 Å². The molecular formula is C15H23N3. The third-order valence-corrected chi connectivity index (χ3v) is 3.32. The van der Waals surface area contributed by atoms with Gasteiger partial charge in [-0.3, -0.25) is 0 Å². The summed E-state index contributed by atoms with van der Waals surface area (Å²) < 4.78 is 2.24. The van der Waals surface area contributed by atoms with Crippen LogP contribution in [0.2, 0.25) is 0 Å². The highest BCUT2D eigenvalue weighted by atomic mass is 15.0. The van der Waals surface area contributed by atoms with Gasteiger partial charge in [-0.05, 0) is 38.4 Å². The number of hydrogen-bond acceptors (Lipinski definition) is 2. The lowest BCUT2D eigenvalue weighted by molar-refractivity contribution is 0.487. The van der Waals surface area contributed by atoms with E-state index in [1.807, 2.05) is 12.4 Å². The highest BCUT2D eigenvalue weighted by molar-refractivity contribution is 5.74. The number of rotatable bonds is 7. The van der Waals surface area contributed by atoms with Crippen molar-refractivity contribution >= 4 is 11.0 Å². The molecule has 1 unspecified atom stereocenters. The van der Waals surface area contributed by atoms with E-state index in [0.717, 1.165) is 25.0 Å². The number of imidazole rings is 1. The fourth-order valence-corrected chi connectivity index (χ4v) is 2.32. The van der Waals surface area contributed by atoms with Crippen molar-refractivity contribution in [2.45, 2.75) is 45.7 Å². The van der Waals surface area contributed by atoms with E-state index in [1.54, 1.807) is 0 Å². The zero-order valence-electron chi connectivity index (χ0n) is 11.4. The number of aryl methyl sites for hydroxylation is 1. The minimum atomic E-state index is 0.634. The standard InChI is InChI=1S/C15H23N3/c1-3-7-13(2)16-10-6-11-18-12-17-14-8-4-5-9-15(14)18/h4-5,8-9,12-13,16H,3,6-7,10-11H2,1-2H3. The first-order valence-corrected chi connectivity index (χ1v) is 6.94. The predicted octanol–water partition coefficient (Wildman–Crippen LogP) is 3.20. The van der Waals surface area contributed by atoms with Crippen LogP contribution < -0.4 is 5.32 Å². The van der Waals surface area contributed by atoms with Gasteiger partial charge in [0.25, 0.3) is 0 Å². The molecule has 2 aromatic rings. The summed E-state index contributed by atoms with van der Waals surface area (Å²) in [5.74, 6) is 0. The van der Waals surface area contributed by atoms with Crippen molar-refractivity contribution in [2.24, 2.45) is 0 Å². The maximum absolute atomic E-state index is 4.40. The smallest absolute Gasteiger partial charge is 0.0958 e. The zero-order chi connectivity index (χ0) is 12.8. The second-order valence-corrected chi connectivity index (χ2v) is 4.92. The van der Waals surface area contributed by atoms with Crippen molar-refractivity contribution in [3.8, 4) is 0 Å². The van der Waals surface area contributed by atoms with Crippen LogP contribution in [0, 0.1) is 0 Å². The Morgan fingerprint density at radius 2 is 2.17 bits per heavy atom. The molecule has 18 heavy (non-hydrogen) atoms. The fraction of sp³-hybridized carbons (Fsp3) is 0.533. The summed E-state index contributed by atoms with van der Waals surface area (Å²) in [4.78, 5) is 4.40. The lowest BCUT2D eigenvalue weighted by Crippen LogP contribution is -2.27. The van der Waals surface area contributed by atoms with E-state index in [4.69, 9.17) is 0 Å². The topological polar surface area (TPSA) is 29.9 Å². The van der Waals surface area contributed by atoms with Crippen molar-refractivity contribution in [2.75, 3.05) is 6.54 Å². The summed E-state index contributed by atoms with van der Waals surface area (Å²) in [6.45, 7) is 6.60. The largest absolute Gasteiger partial charge is 0.331 e.